The number of hydrogen-bond acceptors (Lipinski definition) is 4. The fraction of sp³-hybridized carbons (Fsp3) is 0.647. The van der Waals surface area contributed by atoms with Crippen LogP contribution in [-0.4, -0.2) is 63.1 Å². The van der Waals surface area contributed by atoms with Crippen molar-refractivity contribution in [3.05, 3.63) is 35.6 Å². The normalized spacial score (nSPS) is 27.2. The van der Waals surface area contributed by atoms with Crippen LogP contribution in [0.2, 0.25) is 0 Å². The van der Waals surface area contributed by atoms with Crippen molar-refractivity contribution < 1.29 is 12.8 Å². The first-order valence-corrected chi connectivity index (χ1v) is 10.4. The van der Waals surface area contributed by atoms with Gasteiger partial charge in [0.2, 0.25) is 10.0 Å². The molecule has 0 bridgehead atoms. The molecule has 2 heterocycles. The highest BCUT2D eigenvalue weighted by molar-refractivity contribution is 7.88. The predicted octanol–water partition coefficient (Wildman–Crippen LogP) is 1.44. The average Bonchev–Trinajstić information content (AvgIpc) is 2.55. The van der Waals surface area contributed by atoms with Crippen LogP contribution in [0.3, 0.4) is 0 Å². The Hall–Kier alpha value is -1.02. The van der Waals surface area contributed by atoms with Gasteiger partial charge in [0, 0.05) is 45.3 Å². The van der Waals surface area contributed by atoms with Crippen LogP contribution in [0.1, 0.15) is 24.4 Å². The van der Waals surface area contributed by atoms with E-state index in [-0.39, 0.29) is 11.9 Å². The second-order valence-electron chi connectivity index (χ2n) is 6.90. The van der Waals surface area contributed by atoms with Crippen molar-refractivity contribution in [1.82, 2.24) is 14.5 Å². The molecule has 24 heavy (non-hydrogen) atoms. The van der Waals surface area contributed by atoms with Gasteiger partial charge in [-0.1, -0.05) is 12.1 Å². The highest BCUT2D eigenvalue weighted by atomic mass is 32.2. The maximum absolute atomic E-state index is 13.6. The van der Waals surface area contributed by atoms with Gasteiger partial charge >= 0.3 is 0 Å². The number of halogens is 1. The number of piperidine rings is 1. The molecule has 0 aliphatic carbocycles. The molecule has 2 atom stereocenters. The van der Waals surface area contributed by atoms with Crippen LogP contribution in [-0.2, 0) is 10.0 Å². The van der Waals surface area contributed by atoms with E-state index in [1.807, 2.05) is 6.07 Å². The maximum Gasteiger partial charge on any atom is 0.211 e. The number of rotatable bonds is 4. The lowest BCUT2D eigenvalue weighted by Crippen LogP contribution is -2.50. The lowest BCUT2D eigenvalue weighted by molar-refractivity contribution is 0.115. The van der Waals surface area contributed by atoms with Crippen molar-refractivity contribution in [2.24, 2.45) is 5.92 Å². The Bertz CT molecular complexity index is 668. The molecule has 0 amide bonds. The van der Waals surface area contributed by atoms with Gasteiger partial charge in [-0.3, -0.25) is 4.90 Å². The molecule has 0 spiro atoms. The molecular formula is C17H26FN3O2S. The minimum absolute atomic E-state index is 0.142. The zero-order valence-corrected chi connectivity index (χ0v) is 14.9. The molecule has 0 saturated carbocycles. The second kappa shape index (κ2) is 7.47. The number of hydrogen-bond donors (Lipinski definition) is 1. The first-order chi connectivity index (χ1) is 11.4. The van der Waals surface area contributed by atoms with E-state index in [1.165, 1.54) is 12.3 Å². The van der Waals surface area contributed by atoms with E-state index >= 15 is 0 Å². The lowest BCUT2D eigenvalue weighted by atomic mass is 9.96. The van der Waals surface area contributed by atoms with Crippen LogP contribution < -0.4 is 5.32 Å². The van der Waals surface area contributed by atoms with E-state index in [0.717, 1.165) is 44.6 Å². The van der Waals surface area contributed by atoms with E-state index in [1.54, 1.807) is 16.4 Å². The van der Waals surface area contributed by atoms with Crippen molar-refractivity contribution in [2.75, 3.05) is 45.5 Å². The topological polar surface area (TPSA) is 52.7 Å². The summed E-state index contributed by atoms with van der Waals surface area (Å²) in [5.41, 5.74) is 0.984. The monoisotopic (exact) mass is 355 g/mol. The van der Waals surface area contributed by atoms with Crippen LogP contribution in [0, 0.1) is 11.7 Å². The molecule has 2 unspecified atom stereocenters. The molecular weight excluding hydrogens is 329 g/mol. The van der Waals surface area contributed by atoms with Gasteiger partial charge in [-0.25, -0.2) is 17.1 Å². The summed E-state index contributed by atoms with van der Waals surface area (Å²) >= 11 is 0. The summed E-state index contributed by atoms with van der Waals surface area (Å²) in [6, 6.07) is 6.94. The Morgan fingerprint density at radius 1 is 1.33 bits per heavy atom. The first-order valence-electron chi connectivity index (χ1n) is 8.59. The highest BCUT2D eigenvalue weighted by Gasteiger charge is 2.30. The maximum atomic E-state index is 13.6. The highest BCUT2D eigenvalue weighted by Crippen LogP contribution is 2.27. The van der Waals surface area contributed by atoms with Crippen LogP contribution in [0.5, 0.6) is 0 Å². The number of sulfonamides is 1. The van der Waals surface area contributed by atoms with Gasteiger partial charge in [-0.05, 0) is 36.5 Å². The molecule has 2 fully saturated rings. The quantitative estimate of drug-likeness (QED) is 0.888. The fourth-order valence-corrected chi connectivity index (χ4v) is 4.76. The first kappa shape index (κ1) is 17.8. The van der Waals surface area contributed by atoms with Crippen molar-refractivity contribution in [3.8, 4) is 0 Å². The van der Waals surface area contributed by atoms with Crippen molar-refractivity contribution in [2.45, 2.75) is 18.9 Å². The van der Waals surface area contributed by atoms with E-state index in [9.17, 15) is 12.8 Å². The number of nitrogens with zero attached hydrogens (tertiary/aromatic N) is 2. The van der Waals surface area contributed by atoms with Gasteiger partial charge in [-0.2, -0.15) is 0 Å². The van der Waals surface area contributed by atoms with Crippen LogP contribution in [0.4, 0.5) is 4.39 Å². The SMILES string of the molecule is CS(=O)(=O)N1CCCC(CN2CCNCC2c2cccc(F)c2)C1. The van der Waals surface area contributed by atoms with Crippen molar-refractivity contribution in [1.29, 1.82) is 0 Å². The van der Waals surface area contributed by atoms with Crippen molar-refractivity contribution in [3.63, 3.8) is 0 Å². The summed E-state index contributed by atoms with van der Waals surface area (Å²) in [7, 11) is -3.12. The summed E-state index contributed by atoms with van der Waals surface area (Å²) < 4.78 is 38.8. The molecule has 5 nitrogen and oxygen atoms in total. The zero-order chi connectivity index (χ0) is 17.2. The van der Waals surface area contributed by atoms with Crippen LogP contribution in [0.25, 0.3) is 0 Å². The molecule has 2 aliphatic rings. The van der Waals surface area contributed by atoms with E-state index in [4.69, 9.17) is 0 Å². The summed E-state index contributed by atoms with van der Waals surface area (Å²) in [5.74, 6) is 0.126. The number of piperazine rings is 1. The summed E-state index contributed by atoms with van der Waals surface area (Å²) in [6.45, 7) is 4.69. The largest absolute Gasteiger partial charge is 0.314 e. The van der Waals surface area contributed by atoms with E-state index in [0.29, 0.717) is 19.0 Å². The third-order valence-corrected chi connectivity index (χ3v) is 6.30. The van der Waals surface area contributed by atoms with Gasteiger partial charge in [0.05, 0.1) is 6.26 Å². The number of nitrogens with one attached hydrogen (secondary N) is 1. The standard InChI is InChI=1S/C17H26FN3O2S/c1-24(22,23)21-8-3-4-14(13-21)12-20-9-7-19-11-17(20)15-5-2-6-16(18)10-15/h2,5-6,10,14,17,19H,3-4,7-9,11-13H2,1H3. The van der Waals surface area contributed by atoms with Crippen LogP contribution >= 0.6 is 0 Å². The van der Waals surface area contributed by atoms with Gasteiger partial charge in [0.25, 0.3) is 0 Å². The average molecular weight is 355 g/mol. The Morgan fingerprint density at radius 2 is 2.17 bits per heavy atom. The zero-order valence-electron chi connectivity index (χ0n) is 14.1. The van der Waals surface area contributed by atoms with Gasteiger partial charge < -0.3 is 5.32 Å². The third kappa shape index (κ3) is 4.33. The van der Waals surface area contributed by atoms with E-state index in [2.05, 4.69) is 10.2 Å². The second-order valence-corrected chi connectivity index (χ2v) is 8.88. The molecule has 3 rings (SSSR count). The van der Waals surface area contributed by atoms with Crippen LogP contribution in [0.15, 0.2) is 24.3 Å². The van der Waals surface area contributed by atoms with Crippen molar-refractivity contribution >= 4 is 10.0 Å². The summed E-state index contributed by atoms with van der Waals surface area (Å²) in [6.07, 6.45) is 3.25. The molecule has 134 valence electrons. The predicted molar refractivity (Wildman–Crippen MR) is 92.7 cm³/mol. The number of benzene rings is 1. The molecule has 0 aromatic heterocycles. The Morgan fingerprint density at radius 3 is 2.92 bits per heavy atom. The fourth-order valence-electron chi connectivity index (χ4n) is 3.82. The molecule has 1 aromatic rings. The minimum atomic E-state index is -3.12. The summed E-state index contributed by atoms with van der Waals surface area (Å²) in [5, 5.41) is 3.38. The Balaban J connectivity index is 1.70. The molecule has 1 aromatic carbocycles. The Kier molecular flexibility index (Phi) is 5.54. The lowest BCUT2D eigenvalue weighted by Gasteiger charge is -2.40. The van der Waals surface area contributed by atoms with E-state index < -0.39 is 10.0 Å². The minimum Gasteiger partial charge on any atom is -0.314 e. The smallest absolute Gasteiger partial charge is 0.211 e. The molecule has 0 radical (unpaired) electrons. The van der Waals surface area contributed by atoms with Gasteiger partial charge in [-0.15, -0.1) is 0 Å². The third-order valence-electron chi connectivity index (χ3n) is 5.03. The van der Waals surface area contributed by atoms with Gasteiger partial charge in [0.15, 0.2) is 0 Å². The van der Waals surface area contributed by atoms with Gasteiger partial charge in [0.1, 0.15) is 5.82 Å². The Labute approximate surface area is 143 Å². The molecule has 7 heteroatoms. The summed E-state index contributed by atoms with van der Waals surface area (Å²) in [4.78, 5) is 2.38. The molecule has 2 aliphatic heterocycles. The molecule has 2 saturated heterocycles. The molecule has 1 N–H and O–H groups in total.